The number of piperazine rings is 1. The molecule has 0 unspecified atom stereocenters. The molecule has 4 heterocycles. The fraction of sp³-hybridized carbons (Fsp3) is 0.370. The lowest BCUT2D eigenvalue weighted by atomic mass is 9.72. The Morgan fingerprint density at radius 2 is 1.77 bits per heavy atom. The van der Waals surface area contributed by atoms with Gasteiger partial charge in [-0.1, -0.05) is 43.2 Å². The molecule has 2 saturated heterocycles. The monoisotopic (exact) mass is 863 g/mol. The number of carbonyl (C=O) groups excluding carboxylic acids is 1. The Bertz CT molecular complexity index is 2570. The van der Waals surface area contributed by atoms with Gasteiger partial charge in [-0.15, -0.1) is 0 Å². The number of halogens is 1. The summed E-state index contributed by atoms with van der Waals surface area (Å²) in [6.07, 6.45) is 6.15. The van der Waals surface area contributed by atoms with Gasteiger partial charge in [-0.3, -0.25) is 14.6 Å². The lowest BCUT2D eigenvalue weighted by molar-refractivity contribution is 0.0320. The second-order valence-corrected chi connectivity index (χ2v) is 18.7. The lowest BCUT2D eigenvalue weighted by Gasteiger charge is -2.39. The molecular weight excluding hydrogens is 814 g/mol. The first-order valence-corrected chi connectivity index (χ1v) is 22.5. The van der Waals surface area contributed by atoms with E-state index in [0.717, 1.165) is 99.0 Å². The molecule has 3 aliphatic rings. The number of ether oxygens (including phenoxy) is 3. The van der Waals surface area contributed by atoms with Gasteiger partial charge >= 0.3 is 0 Å². The van der Waals surface area contributed by atoms with Crippen molar-refractivity contribution >= 4 is 49.7 Å². The van der Waals surface area contributed by atoms with Gasteiger partial charge in [0.25, 0.3) is 15.9 Å². The van der Waals surface area contributed by atoms with Gasteiger partial charge in [-0.2, -0.15) is 5.26 Å². The highest BCUT2D eigenvalue weighted by Gasteiger charge is 2.30. The number of allylic oxidation sites excluding steroid dienone is 1. The molecule has 2 aliphatic heterocycles. The number of pyridine rings is 1. The van der Waals surface area contributed by atoms with Crippen molar-refractivity contribution in [3.8, 4) is 23.4 Å². The molecule has 1 aliphatic carbocycles. The number of hydrogen-bond acceptors (Lipinski definition) is 11. The molecule has 5 aromatic rings. The number of amides is 1. The highest BCUT2D eigenvalue weighted by atomic mass is 35.5. The van der Waals surface area contributed by atoms with Gasteiger partial charge in [0.15, 0.2) is 0 Å². The number of sulfonamides is 1. The molecule has 15 heteroatoms. The van der Waals surface area contributed by atoms with Gasteiger partial charge < -0.3 is 24.1 Å². The number of nitriles is 1. The standard InChI is InChI=1S/C46H50ClN7O6S/c1-46(2)13-11-34(41(28-46)32-3-5-36(47)6-4-32)31-53-15-17-54(18-16-53)37-7-9-40(43(27-37)60-38-8-10-42-33(25-38)12-14-49-42)44(55)51-61(56,57)39-26-35(29-48)45(50-30-39)59-24-21-52-19-22-58-23-20-52/h3-10,12,14,25-27,30,49H,11,13,15-24,28,31H2,1-2H3,(H,51,55). The summed E-state index contributed by atoms with van der Waals surface area (Å²) < 4.78 is 46.9. The van der Waals surface area contributed by atoms with E-state index in [4.69, 9.17) is 25.8 Å². The van der Waals surface area contributed by atoms with E-state index in [0.29, 0.717) is 25.5 Å². The third-order valence-electron chi connectivity index (χ3n) is 11.7. The second kappa shape index (κ2) is 18.3. The fourth-order valence-electron chi connectivity index (χ4n) is 8.21. The fourth-order valence-corrected chi connectivity index (χ4v) is 9.27. The Morgan fingerprint density at radius 3 is 2.54 bits per heavy atom. The number of morpholine rings is 1. The van der Waals surface area contributed by atoms with Gasteiger partial charge in [0.05, 0.1) is 25.0 Å². The van der Waals surface area contributed by atoms with Crippen molar-refractivity contribution in [1.82, 2.24) is 24.5 Å². The smallest absolute Gasteiger partial charge is 0.268 e. The minimum Gasteiger partial charge on any atom is -0.475 e. The molecule has 13 nitrogen and oxygen atoms in total. The Hall–Kier alpha value is -5.43. The van der Waals surface area contributed by atoms with Crippen LogP contribution in [0.5, 0.6) is 17.4 Å². The van der Waals surface area contributed by atoms with Crippen LogP contribution in [0.3, 0.4) is 0 Å². The summed E-state index contributed by atoms with van der Waals surface area (Å²) in [5.41, 5.74) is 6.13. The maximum Gasteiger partial charge on any atom is 0.268 e. The van der Waals surface area contributed by atoms with Crippen LogP contribution in [0.1, 0.15) is 54.6 Å². The number of nitrogens with one attached hydrogen (secondary N) is 2. The Morgan fingerprint density at radius 1 is 0.984 bits per heavy atom. The quantitative estimate of drug-likeness (QED) is 0.121. The molecule has 61 heavy (non-hydrogen) atoms. The van der Waals surface area contributed by atoms with E-state index in [9.17, 15) is 18.5 Å². The van der Waals surface area contributed by atoms with Gasteiger partial charge in [-0.25, -0.2) is 18.1 Å². The largest absolute Gasteiger partial charge is 0.475 e. The molecule has 8 rings (SSSR count). The van der Waals surface area contributed by atoms with E-state index in [-0.39, 0.29) is 39.7 Å². The van der Waals surface area contributed by atoms with Crippen LogP contribution in [0.25, 0.3) is 16.5 Å². The van der Waals surface area contributed by atoms with E-state index >= 15 is 0 Å². The summed E-state index contributed by atoms with van der Waals surface area (Å²) >= 11 is 6.24. The zero-order chi connectivity index (χ0) is 42.6. The van der Waals surface area contributed by atoms with Crippen molar-refractivity contribution in [1.29, 1.82) is 5.26 Å². The summed E-state index contributed by atoms with van der Waals surface area (Å²) in [6, 6.07) is 24.0. The van der Waals surface area contributed by atoms with Crippen LogP contribution in [0.2, 0.25) is 5.02 Å². The maximum atomic E-state index is 13.9. The molecule has 2 fully saturated rings. The Balaban J connectivity index is 0.984. The number of carbonyl (C=O) groups is 1. The van der Waals surface area contributed by atoms with E-state index in [1.54, 1.807) is 18.2 Å². The summed E-state index contributed by atoms with van der Waals surface area (Å²) in [5.74, 6) is -0.187. The lowest BCUT2D eigenvalue weighted by Crippen LogP contribution is -2.47. The molecule has 0 bridgehead atoms. The summed E-state index contributed by atoms with van der Waals surface area (Å²) in [7, 11) is -4.46. The number of H-pyrrole nitrogens is 1. The number of rotatable bonds is 13. The number of anilines is 1. The number of hydrogen-bond donors (Lipinski definition) is 2. The maximum absolute atomic E-state index is 13.9. The van der Waals surface area contributed by atoms with Gasteiger partial charge in [0.1, 0.15) is 34.6 Å². The number of fused-ring (bicyclic) bond motifs is 1. The molecular formula is C46H50ClN7O6S. The van der Waals surface area contributed by atoms with Crippen LogP contribution in [0.15, 0.2) is 95.7 Å². The zero-order valence-electron chi connectivity index (χ0n) is 34.5. The number of nitrogens with zero attached hydrogens (tertiary/aromatic N) is 5. The van der Waals surface area contributed by atoms with E-state index in [1.165, 1.54) is 16.7 Å². The average molecular weight is 864 g/mol. The second-order valence-electron chi connectivity index (χ2n) is 16.6. The average Bonchev–Trinajstić information content (AvgIpc) is 3.73. The first kappa shape index (κ1) is 42.3. The molecule has 0 saturated carbocycles. The number of aromatic nitrogens is 2. The summed E-state index contributed by atoms with van der Waals surface area (Å²) in [6.45, 7) is 12.5. The Labute approximate surface area is 361 Å². The first-order chi connectivity index (χ1) is 29.4. The molecule has 3 aromatic carbocycles. The molecule has 1 amide bonds. The minimum atomic E-state index is -4.46. The van der Waals surface area contributed by atoms with Crippen molar-refractivity contribution in [2.45, 2.75) is 38.0 Å². The molecule has 318 valence electrons. The van der Waals surface area contributed by atoms with Crippen LogP contribution < -0.4 is 19.1 Å². The van der Waals surface area contributed by atoms with E-state index < -0.39 is 15.9 Å². The number of benzene rings is 3. The van der Waals surface area contributed by atoms with Gasteiger partial charge in [-0.05, 0) is 90.4 Å². The third-order valence-corrected chi connectivity index (χ3v) is 13.3. The number of aromatic amines is 1. The van der Waals surface area contributed by atoms with E-state index in [2.05, 4.69) is 55.4 Å². The summed E-state index contributed by atoms with van der Waals surface area (Å²) in [5, 5.41) is 11.5. The predicted molar refractivity (Wildman–Crippen MR) is 236 cm³/mol. The first-order valence-electron chi connectivity index (χ1n) is 20.7. The molecule has 2 aromatic heterocycles. The molecule has 2 N–H and O–H groups in total. The van der Waals surface area contributed by atoms with Crippen molar-refractivity contribution in [3.05, 3.63) is 112 Å². The van der Waals surface area contributed by atoms with Crippen molar-refractivity contribution in [2.75, 3.05) is 77.1 Å². The van der Waals surface area contributed by atoms with Crippen LogP contribution in [-0.2, 0) is 14.8 Å². The van der Waals surface area contributed by atoms with E-state index in [1.807, 2.05) is 48.7 Å². The normalized spacial score (nSPS) is 17.6. The Kier molecular flexibility index (Phi) is 12.7. The summed E-state index contributed by atoms with van der Waals surface area (Å²) in [4.78, 5) is 27.8. The van der Waals surface area contributed by atoms with Gasteiger partial charge in [0.2, 0.25) is 5.88 Å². The SMILES string of the molecule is CC1(C)CCC(CN2CCN(c3ccc(C(=O)NS(=O)(=O)c4cnc(OCCN5CCOCC5)c(C#N)c4)c(Oc4ccc5[nH]ccc5c4)c3)CC2)=C(c2ccc(Cl)cc2)C1. The van der Waals surface area contributed by atoms with Crippen molar-refractivity contribution in [3.63, 3.8) is 0 Å². The van der Waals surface area contributed by atoms with Crippen LogP contribution >= 0.6 is 11.6 Å². The van der Waals surface area contributed by atoms with Crippen LogP contribution in [0, 0.1) is 16.7 Å². The van der Waals surface area contributed by atoms with Crippen molar-refractivity contribution in [2.24, 2.45) is 5.41 Å². The highest BCUT2D eigenvalue weighted by Crippen LogP contribution is 2.43. The molecule has 0 spiro atoms. The molecule has 0 radical (unpaired) electrons. The third kappa shape index (κ3) is 10.2. The molecule has 0 atom stereocenters. The van der Waals surface area contributed by atoms with Gasteiger partial charge in [0, 0.05) is 86.2 Å². The zero-order valence-corrected chi connectivity index (χ0v) is 36.0. The van der Waals surface area contributed by atoms with Crippen molar-refractivity contribution < 1.29 is 27.4 Å². The van der Waals surface area contributed by atoms with Crippen LogP contribution in [-0.4, -0.2) is 106 Å². The van der Waals surface area contributed by atoms with Crippen LogP contribution in [0.4, 0.5) is 5.69 Å². The topological polar surface area (TPSA) is 153 Å². The minimum absolute atomic E-state index is 0.0188. The predicted octanol–water partition coefficient (Wildman–Crippen LogP) is 7.50. The highest BCUT2D eigenvalue weighted by molar-refractivity contribution is 7.90.